The zero-order valence-corrected chi connectivity index (χ0v) is 17.9. The number of carbonyl (C=O) groups excluding carboxylic acids is 3. The van der Waals surface area contributed by atoms with E-state index in [-0.39, 0.29) is 36.1 Å². The normalized spacial score (nSPS) is 18.8. The van der Waals surface area contributed by atoms with Crippen LogP contribution in [-0.4, -0.2) is 49.4 Å². The Kier molecular flexibility index (Phi) is 8.49. The van der Waals surface area contributed by atoms with Crippen molar-refractivity contribution >= 4 is 17.7 Å². The second-order valence-corrected chi connectivity index (χ2v) is 7.71. The Morgan fingerprint density at radius 2 is 1.83 bits per heavy atom. The summed E-state index contributed by atoms with van der Waals surface area (Å²) in [5, 5.41) is 5.67. The lowest BCUT2D eigenvalue weighted by atomic mass is 9.92. The summed E-state index contributed by atoms with van der Waals surface area (Å²) in [6.07, 6.45) is 2.07. The fourth-order valence-electron chi connectivity index (χ4n) is 3.54. The molecule has 0 bridgehead atoms. The van der Waals surface area contributed by atoms with Crippen LogP contribution < -0.4 is 15.4 Å². The maximum absolute atomic E-state index is 12.9. The van der Waals surface area contributed by atoms with E-state index in [0.29, 0.717) is 19.6 Å². The average Bonchev–Trinajstić information content (AvgIpc) is 3.05. The SMILES string of the molecule is CCCCN1C(=O)C[C@H](C(=O)NCCNC(=O)C(C)C)[C@H]1c1ccc(OC)cc1. The Morgan fingerprint density at radius 3 is 2.41 bits per heavy atom. The first-order valence-corrected chi connectivity index (χ1v) is 10.4. The van der Waals surface area contributed by atoms with Gasteiger partial charge in [0.25, 0.3) is 0 Å². The van der Waals surface area contributed by atoms with Crippen LogP contribution in [0.5, 0.6) is 5.75 Å². The van der Waals surface area contributed by atoms with Crippen LogP contribution in [0.4, 0.5) is 0 Å². The molecule has 29 heavy (non-hydrogen) atoms. The van der Waals surface area contributed by atoms with Gasteiger partial charge in [0.1, 0.15) is 5.75 Å². The fraction of sp³-hybridized carbons (Fsp3) is 0.591. The van der Waals surface area contributed by atoms with Crippen LogP contribution in [0.3, 0.4) is 0 Å². The van der Waals surface area contributed by atoms with Gasteiger partial charge >= 0.3 is 0 Å². The molecular weight excluding hydrogens is 370 g/mol. The minimum Gasteiger partial charge on any atom is -0.497 e. The number of unbranched alkanes of at least 4 members (excludes halogenated alkanes) is 1. The van der Waals surface area contributed by atoms with Crippen molar-refractivity contribution in [2.24, 2.45) is 11.8 Å². The lowest BCUT2D eigenvalue weighted by molar-refractivity contribution is -0.129. The van der Waals surface area contributed by atoms with E-state index in [4.69, 9.17) is 4.74 Å². The molecule has 1 saturated heterocycles. The molecule has 0 unspecified atom stereocenters. The smallest absolute Gasteiger partial charge is 0.226 e. The van der Waals surface area contributed by atoms with Crippen molar-refractivity contribution in [1.29, 1.82) is 0 Å². The van der Waals surface area contributed by atoms with E-state index in [0.717, 1.165) is 24.2 Å². The summed E-state index contributed by atoms with van der Waals surface area (Å²) in [5.41, 5.74) is 0.931. The van der Waals surface area contributed by atoms with Gasteiger partial charge in [0.15, 0.2) is 0 Å². The number of methoxy groups -OCH3 is 1. The number of nitrogens with zero attached hydrogens (tertiary/aromatic N) is 1. The fourth-order valence-corrected chi connectivity index (χ4v) is 3.54. The molecule has 160 valence electrons. The van der Waals surface area contributed by atoms with Crippen LogP contribution in [0.1, 0.15) is 51.6 Å². The Morgan fingerprint density at radius 1 is 1.17 bits per heavy atom. The van der Waals surface area contributed by atoms with E-state index < -0.39 is 5.92 Å². The van der Waals surface area contributed by atoms with E-state index in [2.05, 4.69) is 17.6 Å². The van der Waals surface area contributed by atoms with E-state index in [1.54, 1.807) is 7.11 Å². The quantitative estimate of drug-likeness (QED) is 0.587. The topological polar surface area (TPSA) is 87.7 Å². The summed E-state index contributed by atoms with van der Waals surface area (Å²) in [4.78, 5) is 39.0. The van der Waals surface area contributed by atoms with E-state index in [1.165, 1.54) is 0 Å². The first-order chi connectivity index (χ1) is 13.9. The van der Waals surface area contributed by atoms with E-state index >= 15 is 0 Å². The van der Waals surface area contributed by atoms with Crippen LogP contribution in [-0.2, 0) is 14.4 Å². The highest BCUT2D eigenvalue weighted by atomic mass is 16.5. The molecule has 0 aliphatic carbocycles. The minimum absolute atomic E-state index is 0.00697. The molecule has 7 heteroatoms. The summed E-state index contributed by atoms with van der Waals surface area (Å²) >= 11 is 0. The highest BCUT2D eigenvalue weighted by molar-refractivity contribution is 5.90. The van der Waals surface area contributed by atoms with Crippen molar-refractivity contribution in [3.05, 3.63) is 29.8 Å². The molecule has 0 aromatic heterocycles. The number of amides is 3. The molecule has 7 nitrogen and oxygen atoms in total. The predicted molar refractivity (Wildman–Crippen MR) is 111 cm³/mol. The molecule has 2 rings (SSSR count). The number of benzene rings is 1. The van der Waals surface area contributed by atoms with Gasteiger partial charge in [-0.2, -0.15) is 0 Å². The third-order valence-corrected chi connectivity index (χ3v) is 5.23. The Balaban J connectivity index is 2.09. The van der Waals surface area contributed by atoms with Crippen molar-refractivity contribution in [2.45, 2.75) is 46.1 Å². The highest BCUT2D eigenvalue weighted by Crippen LogP contribution is 2.39. The summed E-state index contributed by atoms with van der Waals surface area (Å²) in [5.74, 6) is -0.00000532. The molecule has 1 aliphatic rings. The van der Waals surface area contributed by atoms with Crippen molar-refractivity contribution in [3.63, 3.8) is 0 Å². The zero-order valence-electron chi connectivity index (χ0n) is 17.9. The second-order valence-electron chi connectivity index (χ2n) is 7.71. The molecule has 0 saturated carbocycles. The number of hydrogen-bond donors (Lipinski definition) is 2. The first-order valence-electron chi connectivity index (χ1n) is 10.4. The van der Waals surface area contributed by atoms with Gasteiger partial charge in [-0.05, 0) is 24.1 Å². The molecule has 1 aliphatic heterocycles. The van der Waals surface area contributed by atoms with Crippen LogP contribution in [0.2, 0.25) is 0 Å². The van der Waals surface area contributed by atoms with Crippen LogP contribution in [0, 0.1) is 11.8 Å². The van der Waals surface area contributed by atoms with Crippen molar-refractivity contribution in [1.82, 2.24) is 15.5 Å². The number of ether oxygens (including phenoxy) is 1. The van der Waals surface area contributed by atoms with Gasteiger partial charge in [-0.1, -0.05) is 39.3 Å². The molecule has 1 aromatic rings. The van der Waals surface area contributed by atoms with Crippen molar-refractivity contribution in [3.8, 4) is 5.75 Å². The van der Waals surface area contributed by atoms with Gasteiger partial charge in [0.2, 0.25) is 17.7 Å². The number of hydrogen-bond acceptors (Lipinski definition) is 4. The highest BCUT2D eigenvalue weighted by Gasteiger charge is 2.43. The molecule has 2 atom stereocenters. The van der Waals surface area contributed by atoms with E-state index in [9.17, 15) is 14.4 Å². The van der Waals surface area contributed by atoms with Gasteiger partial charge in [0, 0.05) is 32.0 Å². The lowest BCUT2D eigenvalue weighted by Crippen LogP contribution is -2.40. The van der Waals surface area contributed by atoms with Gasteiger partial charge in [-0.3, -0.25) is 14.4 Å². The zero-order chi connectivity index (χ0) is 21.4. The molecule has 1 aromatic carbocycles. The van der Waals surface area contributed by atoms with Gasteiger partial charge < -0.3 is 20.3 Å². The Labute approximate surface area is 173 Å². The molecule has 1 fully saturated rings. The monoisotopic (exact) mass is 403 g/mol. The van der Waals surface area contributed by atoms with Gasteiger partial charge in [0.05, 0.1) is 19.1 Å². The third-order valence-electron chi connectivity index (χ3n) is 5.23. The number of likely N-dealkylation sites (tertiary alicyclic amines) is 1. The van der Waals surface area contributed by atoms with Crippen LogP contribution >= 0.6 is 0 Å². The lowest BCUT2D eigenvalue weighted by Gasteiger charge is -2.28. The van der Waals surface area contributed by atoms with Crippen LogP contribution in [0.15, 0.2) is 24.3 Å². The maximum Gasteiger partial charge on any atom is 0.226 e. The molecule has 0 spiro atoms. The summed E-state index contributed by atoms with van der Waals surface area (Å²) in [6.45, 7) is 7.08. The predicted octanol–water partition coefficient (Wildman–Crippen LogP) is 2.27. The summed E-state index contributed by atoms with van der Waals surface area (Å²) in [6, 6.07) is 7.26. The average molecular weight is 404 g/mol. The van der Waals surface area contributed by atoms with E-state index in [1.807, 2.05) is 43.0 Å². The number of nitrogens with one attached hydrogen (secondary N) is 2. The van der Waals surface area contributed by atoms with Gasteiger partial charge in [-0.15, -0.1) is 0 Å². The molecule has 2 N–H and O–H groups in total. The third kappa shape index (κ3) is 5.95. The number of carbonyl (C=O) groups is 3. The summed E-state index contributed by atoms with van der Waals surface area (Å²) < 4.78 is 5.23. The number of rotatable bonds is 10. The standard InChI is InChI=1S/C22H33N3O4/c1-5-6-13-25-19(26)14-18(20(25)16-7-9-17(29-4)10-8-16)22(28)24-12-11-23-21(27)15(2)3/h7-10,15,18,20H,5-6,11-14H2,1-4H3,(H,23,27)(H,24,28)/t18-,20+/m0/s1. The Hall–Kier alpha value is -2.57. The molecule has 1 heterocycles. The Bertz CT molecular complexity index is 703. The maximum atomic E-state index is 12.9. The molecule has 0 radical (unpaired) electrons. The van der Waals surface area contributed by atoms with Gasteiger partial charge in [-0.25, -0.2) is 0 Å². The largest absolute Gasteiger partial charge is 0.497 e. The minimum atomic E-state index is -0.450. The second kappa shape index (κ2) is 10.8. The van der Waals surface area contributed by atoms with Crippen molar-refractivity contribution in [2.75, 3.05) is 26.7 Å². The molecule has 3 amide bonds. The summed E-state index contributed by atoms with van der Waals surface area (Å²) in [7, 11) is 1.61. The molecular formula is C22H33N3O4. The first kappa shape index (κ1) is 22.7. The van der Waals surface area contributed by atoms with Crippen molar-refractivity contribution < 1.29 is 19.1 Å². The van der Waals surface area contributed by atoms with Crippen LogP contribution in [0.25, 0.3) is 0 Å².